The Morgan fingerprint density at radius 3 is 2.30 bits per heavy atom. The molecular weight excluding hydrogens is 347 g/mol. The number of benzene rings is 1. The molecule has 1 N–H and O–H groups in total. The second-order valence-electron chi connectivity index (χ2n) is 3.42. The molecule has 1 aromatic rings. The van der Waals surface area contributed by atoms with Crippen LogP contribution in [0.3, 0.4) is 0 Å². The topological polar surface area (TPSA) is 72.2 Å². The maximum atomic E-state index is 12.0. The quantitative estimate of drug-likeness (QED) is 0.512. The van der Waals surface area contributed by atoms with Crippen molar-refractivity contribution in [3.05, 3.63) is 36.8 Å². The van der Waals surface area contributed by atoms with Crippen LogP contribution >= 0.6 is 34.8 Å². The highest BCUT2D eigenvalue weighted by Gasteiger charge is 2.38. The number of halogens is 6. The van der Waals surface area contributed by atoms with Crippen molar-refractivity contribution in [1.29, 1.82) is 0 Å². The number of nitrogens with one attached hydrogen (secondary N) is 1. The minimum absolute atomic E-state index is 0.228. The Hall–Kier alpha value is -1.25. The molecule has 0 spiro atoms. The van der Waals surface area contributed by atoms with Crippen molar-refractivity contribution < 1.29 is 22.9 Å². The highest BCUT2D eigenvalue weighted by Crippen LogP contribution is 2.38. The third-order valence-corrected chi connectivity index (χ3v) is 3.42. The highest BCUT2D eigenvalue weighted by molar-refractivity contribution is 6.48. The molecule has 1 rings (SSSR count). The van der Waals surface area contributed by atoms with Gasteiger partial charge in [-0.15, -0.1) is 0 Å². The molecule has 110 valence electrons. The molecule has 0 bridgehead atoms. The normalized spacial score (nSPS) is 11.3. The number of nitro benzene ring substituents is 1. The van der Waals surface area contributed by atoms with E-state index in [1.54, 1.807) is 0 Å². The van der Waals surface area contributed by atoms with E-state index in [9.17, 15) is 28.1 Å². The van der Waals surface area contributed by atoms with Gasteiger partial charge in [0.15, 0.2) is 0 Å². The van der Waals surface area contributed by atoms with Gasteiger partial charge < -0.3 is 5.32 Å². The molecule has 0 saturated carbocycles. The van der Waals surface area contributed by atoms with Crippen molar-refractivity contribution in [2.24, 2.45) is 0 Å². The average molecular weight is 351 g/mol. The fourth-order valence-corrected chi connectivity index (χ4v) is 1.90. The summed E-state index contributed by atoms with van der Waals surface area (Å²) >= 11 is 16.9. The van der Waals surface area contributed by atoms with E-state index in [0.29, 0.717) is 0 Å². The van der Waals surface area contributed by atoms with Crippen molar-refractivity contribution in [1.82, 2.24) is 5.32 Å². The van der Waals surface area contributed by atoms with E-state index < -0.39 is 34.3 Å². The maximum Gasteiger partial charge on any atom is 0.471 e. The predicted octanol–water partition coefficient (Wildman–Crippen LogP) is 3.73. The van der Waals surface area contributed by atoms with Crippen LogP contribution in [0.1, 0.15) is 5.56 Å². The number of carbonyl (C=O) groups excluding carboxylic acids is 1. The first kappa shape index (κ1) is 16.8. The second-order valence-corrected chi connectivity index (χ2v) is 4.58. The first-order valence-electron chi connectivity index (χ1n) is 4.71. The number of alkyl halides is 3. The number of hydrogen-bond acceptors (Lipinski definition) is 3. The maximum absolute atomic E-state index is 12.0. The van der Waals surface area contributed by atoms with Crippen molar-refractivity contribution in [3.8, 4) is 0 Å². The molecule has 5 nitrogen and oxygen atoms in total. The number of hydrogen-bond donors (Lipinski definition) is 1. The number of amides is 1. The van der Waals surface area contributed by atoms with Crippen LogP contribution in [0.2, 0.25) is 15.1 Å². The van der Waals surface area contributed by atoms with Crippen molar-refractivity contribution in [2.45, 2.75) is 12.7 Å². The van der Waals surface area contributed by atoms with E-state index in [0.717, 1.165) is 6.07 Å². The lowest BCUT2D eigenvalue weighted by Gasteiger charge is -2.11. The Bertz CT molecular complexity index is 578. The molecule has 0 aliphatic rings. The van der Waals surface area contributed by atoms with Gasteiger partial charge in [0.1, 0.15) is 0 Å². The molecule has 0 unspecified atom stereocenters. The summed E-state index contributed by atoms with van der Waals surface area (Å²) in [5.41, 5.74) is -1.02. The molecule has 0 aliphatic heterocycles. The summed E-state index contributed by atoms with van der Waals surface area (Å²) in [5.74, 6) is -2.26. The smallest absolute Gasteiger partial charge is 0.344 e. The molecule has 0 radical (unpaired) electrons. The zero-order valence-corrected chi connectivity index (χ0v) is 11.5. The molecule has 0 saturated heterocycles. The van der Waals surface area contributed by atoms with E-state index in [2.05, 4.69) is 0 Å². The molecule has 0 heterocycles. The zero-order valence-electron chi connectivity index (χ0n) is 9.22. The fourth-order valence-electron chi connectivity index (χ4n) is 1.22. The van der Waals surface area contributed by atoms with Gasteiger partial charge >= 0.3 is 12.1 Å². The second kappa shape index (κ2) is 6.02. The lowest BCUT2D eigenvalue weighted by Crippen LogP contribution is -2.36. The van der Waals surface area contributed by atoms with Gasteiger partial charge in [-0.25, -0.2) is 0 Å². The monoisotopic (exact) mass is 350 g/mol. The van der Waals surface area contributed by atoms with E-state index >= 15 is 0 Å². The largest absolute Gasteiger partial charge is 0.471 e. The third-order valence-electron chi connectivity index (χ3n) is 2.12. The Kier molecular flexibility index (Phi) is 5.06. The summed E-state index contributed by atoms with van der Waals surface area (Å²) in [5, 5.41) is 11.4. The first-order valence-corrected chi connectivity index (χ1v) is 5.85. The van der Waals surface area contributed by atoms with Crippen molar-refractivity contribution in [3.63, 3.8) is 0 Å². The number of nitrogens with zero attached hydrogens (tertiary/aromatic N) is 1. The molecule has 20 heavy (non-hydrogen) atoms. The van der Waals surface area contributed by atoms with Crippen LogP contribution in [0.15, 0.2) is 6.07 Å². The summed E-state index contributed by atoms with van der Waals surface area (Å²) in [4.78, 5) is 20.6. The molecule has 1 amide bonds. The minimum Gasteiger partial charge on any atom is -0.344 e. The average Bonchev–Trinajstić information content (AvgIpc) is 2.32. The van der Waals surface area contributed by atoms with E-state index in [4.69, 9.17) is 34.8 Å². The molecule has 0 atom stereocenters. The molecule has 0 aromatic heterocycles. The van der Waals surface area contributed by atoms with Gasteiger partial charge in [0.25, 0.3) is 5.69 Å². The van der Waals surface area contributed by atoms with Crippen LogP contribution < -0.4 is 5.32 Å². The third kappa shape index (κ3) is 3.65. The van der Waals surface area contributed by atoms with E-state index in [1.807, 2.05) is 0 Å². The van der Waals surface area contributed by atoms with E-state index in [-0.39, 0.29) is 15.6 Å². The van der Waals surface area contributed by atoms with Crippen molar-refractivity contribution >= 4 is 46.4 Å². The van der Waals surface area contributed by atoms with Gasteiger partial charge in [-0.05, 0) is 0 Å². The lowest BCUT2D eigenvalue weighted by molar-refractivity contribution is -0.385. The van der Waals surface area contributed by atoms with Gasteiger partial charge in [-0.1, -0.05) is 34.8 Å². The standard InChI is InChI=1S/C9H4Cl3F3N2O3/c10-4-1-5(17(19)20)3(6(11)7(4)12)2-16-8(18)9(13,14)15/h1H,2H2,(H,16,18). The highest BCUT2D eigenvalue weighted by atomic mass is 35.5. The molecule has 0 aliphatic carbocycles. The fraction of sp³-hybridized carbons (Fsp3) is 0.222. The summed E-state index contributed by atoms with van der Waals surface area (Å²) < 4.78 is 36.1. The Morgan fingerprint density at radius 2 is 1.85 bits per heavy atom. The molecular formula is C9H4Cl3F3N2O3. The number of carbonyl (C=O) groups is 1. The minimum atomic E-state index is -5.11. The van der Waals surface area contributed by atoms with Crippen LogP contribution in [0, 0.1) is 10.1 Å². The summed E-state index contributed by atoms with van der Waals surface area (Å²) in [6.07, 6.45) is -5.11. The Morgan fingerprint density at radius 1 is 1.30 bits per heavy atom. The van der Waals surface area contributed by atoms with Crippen LogP contribution in [-0.4, -0.2) is 17.0 Å². The number of nitro groups is 1. The Labute approximate surface area is 124 Å². The van der Waals surface area contributed by atoms with E-state index in [1.165, 1.54) is 5.32 Å². The van der Waals surface area contributed by atoms with Crippen LogP contribution in [0.25, 0.3) is 0 Å². The van der Waals surface area contributed by atoms with Gasteiger partial charge in [0, 0.05) is 6.07 Å². The first-order chi connectivity index (χ1) is 9.05. The summed E-state index contributed by atoms with van der Waals surface area (Å²) in [6, 6.07) is 0.838. The predicted molar refractivity (Wildman–Crippen MR) is 66.0 cm³/mol. The Balaban J connectivity index is 3.15. The summed E-state index contributed by atoms with van der Waals surface area (Å²) in [7, 11) is 0. The summed E-state index contributed by atoms with van der Waals surface area (Å²) in [6.45, 7) is -0.815. The molecule has 1 aromatic carbocycles. The van der Waals surface area contributed by atoms with Crippen LogP contribution in [0.4, 0.5) is 18.9 Å². The van der Waals surface area contributed by atoms with Crippen LogP contribution in [-0.2, 0) is 11.3 Å². The lowest BCUT2D eigenvalue weighted by atomic mass is 10.1. The van der Waals surface area contributed by atoms with Gasteiger partial charge in [-0.3, -0.25) is 14.9 Å². The van der Waals surface area contributed by atoms with Crippen molar-refractivity contribution in [2.75, 3.05) is 0 Å². The van der Waals surface area contributed by atoms with Crippen LogP contribution in [0.5, 0.6) is 0 Å². The molecule has 0 fully saturated rings. The zero-order chi connectivity index (χ0) is 15.7. The van der Waals surface area contributed by atoms with Gasteiger partial charge in [0.05, 0.1) is 32.1 Å². The van der Waals surface area contributed by atoms with Gasteiger partial charge in [0.2, 0.25) is 0 Å². The molecule has 11 heteroatoms. The van der Waals surface area contributed by atoms with Gasteiger partial charge in [-0.2, -0.15) is 13.2 Å². The number of rotatable bonds is 3. The SMILES string of the molecule is O=C(NCc1c([N+](=O)[O-])cc(Cl)c(Cl)c1Cl)C(F)(F)F.